The summed E-state index contributed by atoms with van der Waals surface area (Å²) < 4.78 is 0. The molecule has 0 aliphatic carbocycles. The van der Waals surface area contributed by atoms with Crippen molar-refractivity contribution in [2.24, 2.45) is 0 Å². The highest BCUT2D eigenvalue weighted by Gasteiger charge is 2.15. The van der Waals surface area contributed by atoms with E-state index in [1.54, 1.807) is 6.07 Å². The van der Waals surface area contributed by atoms with Crippen molar-refractivity contribution in [1.82, 2.24) is 15.0 Å². The number of phenolic OH excluding ortho intramolecular Hbond substituents is 1. The quantitative estimate of drug-likeness (QED) is 0.273. The van der Waals surface area contributed by atoms with Crippen molar-refractivity contribution in [2.75, 3.05) is 0 Å². The lowest BCUT2D eigenvalue weighted by Crippen LogP contribution is -1.84. The van der Waals surface area contributed by atoms with Crippen LogP contribution in [0, 0.1) is 0 Å². The second-order valence-corrected chi connectivity index (χ2v) is 8.58. The number of fused-ring (bicyclic) bond motifs is 1. The molecule has 36 heavy (non-hydrogen) atoms. The third-order valence-corrected chi connectivity index (χ3v) is 6.16. The van der Waals surface area contributed by atoms with Crippen molar-refractivity contribution >= 4 is 23.1 Å². The zero-order valence-electron chi connectivity index (χ0n) is 19.5. The molecule has 6 rings (SSSR count). The molecular weight excluding hydrogens is 442 g/mol. The van der Waals surface area contributed by atoms with Gasteiger partial charge >= 0.3 is 0 Å². The minimum atomic E-state index is 0.190. The lowest BCUT2D eigenvalue weighted by atomic mass is 10.1. The summed E-state index contributed by atoms with van der Waals surface area (Å²) in [6.45, 7) is 0. The molecule has 4 nitrogen and oxygen atoms in total. The van der Waals surface area contributed by atoms with Crippen LogP contribution in [0.2, 0.25) is 0 Å². The smallest absolute Gasteiger partial charge is 0.141 e. The minimum Gasteiger partial charge on any atom is -0.506 e. The van der Waals surface area contributed by atoms with Crippen molar-refractivity contribution in [2.45, 2.75) is 0 Å². The third-order valence-electron chi connectivity index (χ3n) is 6.16. The van der Waals surface area contributed by atoms with E-state index in [9.17, 15) is 5.11 Å². The lowest BCUT2D eigenvalue weighted by molar-refractivity contribution is 0.480. The molecule has 0 aliphatic heterocycles. The first-order valence-electron chi connectivity index (χ1n) is 11.8. The SMILES string of the molecule is Oc1cccc2ccc(/C=C/c3ccc(-c4nc(-c5ccccc5)c(-c5ccccc5)[nH]4)cc3)nc12. The molecule has 0 saturated carbocycles. The molecule has 2 N–H and O–H groups in total. The normalized spacial score (nSPS) is 11.3. The Morgan fingerprint density at radius 1 is 0.583 bits per heavy atom. The average molecular weight is 466 g/mol. The Morgan fingerprint density at radius 3 is 2.06 bits per heavy atom. The summed E-state index contributed by atoms with van der Waals surface area (Å²) in [4.78, 5) is 13.1. The van der Waals surface area contributed by atoms with Gasteiger partial charge in [-0.2, -0.15) is 0 Å². The van der Waals surface area contributed by atoms with E-state index in [4.69, 9.17) is 4.98 Å². The number of phenols is 1. The Labute approximate surface area is 209 Å². The van der Waals surface area contributed by atoms with Gasteiger partial charge in [-0.15, -0.1) is 0 Å². The minimum absolute atomic E-state index is 0.190. The van der Waals surface area contributed by atoms with E-state index in [1.165, 1.54) is 0 Å². The Bertz CT molecular complexity index is 1610. The number of para-hydroxylation sites is 1. The molecule has 0 spiro atoms. The summed E-state index contributed by atoms with van der Waals surface area (Å²) in [6.07, 6.45) is 3.97. The van der Waals surface area contributed by atoms with E-state index in [-0.39, 0.29) is 5.75 Å². The zero-order valence-corrected chi connectivity index (χ0v) is 19.5. The van der Waals surface area contributed by atoms with E-state index in [1.807, 2.05) is 72.8 Å². The number of nitrogens with zero attached hydrogens (tertiary/aromatic N) is 2. The molecule has 4 heteroatoms. The van der Waals surface area contributed by atoms with Crippen LogP contribution >= 0.6 is 0 Å². The fraction of sp³-hybridized carbons (Fsp3) is 0. The number of imidazole rings is 1. The molecule has 0 unspecified atom stereocenters. The van der Waals surface area contributed by atoms with Gasteiger partial charge in [-0.3, -0.25) is 0 Å². The topological polar surface area (TPSA) is 61.8 Å². The van der Waals surface area contributed by atoms with Crippen molar-refractivity contribution in [3.63, 3.8) is 0 Å². The van der Waals surface area contributed by atoms with Crippen LogP contribution < -0.4 is 0 Å². The van der Waals surface area contributed by atoms with Gasteiger partial charge in [0, 0.05) is 22.1 Å². The molecule has 2 heterocycles. The van der Waals surface area contributed by atoms with Crippen molar-refractivity contribution < 1.29 is 5.11 Å². The predicted molar refractivity (Wildman–Crippen MR) is 147 cm³/mol. The number of nitrogens with one attached hydrogen (secondary N) is 1. The van der Waals surface area contributed by atoms with Gasteiger partial charge in [-0.05, 0) is 23.8 Å². The first-order chi connectivity index (χ1) is 17.7. The van der Waals surface area contributed by atoms with E-state index >= 15 is 0 Å². The van der Waals surface area contributed by atoms with Gasteiger partial charge in [0.2, 0.25) is 0 Å². The average Bonchev–Trinajstić information content (AvgIpc) is 3.39. The van der Waals surface area contributed by atoms with Crippen LogP contribution in [-0.4, -0.2) is 20.1 Å². The van der Waals surface area contributed by atoms with Crippen LogP contribution in [0.15, 0.2) is 115 Å². The van der Waals surface area contributed by atoms with Gasteiger partial charge in [0.25, 0.3) is 0 Å². The number of hydrogen-bond donors (Lipinski definition) is 2. The molecule has 0 bridgehead atoms. The van der Waals surface area contributed by atoms with Gasteiger partial charge in [-0.1, -0.05) is 109 Å². The van der Waals surface area contributed by atoms with E-state index in [2.05, 4.69) is 58.5 Å². The summed E-state index contributed by atoms with van der Waals surface area (Å²) in [5.74, 6) is 1.02. The maximum Gasteiger partial charge on any atom is 0.141 e. The molecule has 6 aromatic rings. The number of aromatic nitrogens is 3. The number of benzene rings is 4. The predicted octanol–water partition coefficient (Wildman–Crippen LogP) is 7.83. The Balaban J connectivity index is 1.30. The highest BCUT2D eigenvalue weighted by Crippen LogP contribution is 2.33. The maximum absolute atomic E-state index is 10.1. The molecule has 172 valence electrons. The standard InChI is InChI=1S/C32H23N3O/c36-28-13-7-12-25-19-21-27(33-29(25)28)20-16-22-14-17-26(18-15-22)32-34-30(23-8-3-1-4-9-23)31(35-32)24-10-5-2-6-11-24/h1-21,36H,(H,34,35)/b20-16+. The summed E-state index contributed by atoms with van der Waals surface area (Å²) >= 11 is 0. The van der Waals surface area contributed by atoms with Crippen LogP contribution in [-0.2, 0) is 0 Å². The van der Waals surface area contributed by atoms with Crippen LogP contribution in [0.3, 0.4) is 0 Å². The van der Waals surface area contributed by atoms with Gasteiger partial charge < -0.3 is 10.1 Å². The highest BCUT2D eigenvalue weighted by atomic mass is 16.3. The van der Waals surface area contributed by atoms with Crippen LogP contribution in [0.25, 0.3) is 57.0 Å². The van der Waals surface area contributed by atoms with Crippen LogP contribution in [0.4, 0.5) is 0 Å². The second-order valence-electron chi connectivity index (χ2n) is 8.58. The van der Waals surface area contributed by atoms with Gasteiger partial charge in [-0.25, -0.2) is 9.97 Å². The molecule has 0 fully saturated rings. The maximum atomic E-state index is 10.1. The number of rotatable bonds is 5. The van der Waals surface area contributed by atoms with Crippen LogP contribution in [0.5, 0.6) is 5.75 Å². The number of hydrogen-bond acceptors (Lipinski definition) is 3. The number of aromatic hydroxyl groups is 1. The number of H-pyrrole nitrogens is 1. The first-order valence-corrected chi connectivity index (χ1v) is 11.8. The van der Waals surface area contributed by atoms with Gasteiger partial charge in [0.15, 0.2) is 0 Å². The molecule has 0 atom stereocenters. The second kappa shape index (κ2) is 9.35. The fourth-order valence-electron chi connectivity index (χ4n) is 4.30. The summed E-state index contributed by atoms with van der Waals surface area (Å²) in [7, 11) is 0. The van der Waals surface area contributed by atoms with Crippen molar-refractivity contribution in [1.29, 1.82) is 0 Å². The Kier molecular flexibility index (Phi) is 5.60. The lowest BCUT2D eigenvalue weighted by Gasteiger charge is -2.02. The molecule has 2 aromatic heterocycles. The number of pyridine rings is 1. The molecule has 4 aromatic carbocycles. The van der Waals surface area contributed by atoms with E-state index < -0.39 is 0 Å². The summed E-state index contributed by atoms with van der Waals surface area (Å²) in [5, 5.41) is 11.0. The molecular formula is C32H23N3O. The van der Waals surface area contributed by atoms with E-state index in [0.29, 0.717) is 5.52 Å². The summed E-state index contributed by atoms with van der Waals surface area (Å²) in [5.41, 5.74) is 7.58. The Hall–Kier alpha value is -4.96. The van der Waals surface area contributed by atoms with Gasteiger partial charge in [0.05, 0.1) is 17.1 Å². The number of aromatic amines is 1. The monoisotopic (exact) mass is 465 g/mol. The highest BCUT2D eigenvalue weighted by molar-refractivity contribution is 5.86. The molecule has 0 aliphatic rings. The largest absolute Gasteiger partial charge is 0.506 e. The fourth-order valence-corrected chi connectivity index (χ4v) is 4.30. The molecule has 0 amide bonds. The van der Waals surface area contributed by atoms with Gasteiger partial charge in [0.1, 0.15) is 17.1 Å². The first kappa shape index (κ1) is 21.6. The Morgan fingerprint density at radius 2 is 1.31 bits per heavy atom. The van der Waals surface area contributed by atoms with E-state index in [0.717, 1.165) is 50.5 Å². The van der Waals surface area contributed by atoms with Crippen molar-refractivity contribution in [3.05, 3.63) is 127 Å². The van der Waals surface area contributed by atoms with Crippen molar-refractivity contribution in [3.8, 4) is 39.7 Å². The summed E-state index contributed by atoms with van der Waals surface area (Å²) in [6, 6.07) is 38.1. The third kappa shape index (κ3) is 4.28. The van der Waals surface area contributed by atoms with Crippen LogP contribution in [0.1, 0.15) is 11.3 Å². The molecule has 0 saturated heterocycles. The zero-order chi connectivity index (χ0) is 24.3. The molecule has 0 radical (unpaired) electrons.